The maximum Gasteiger partial charge on any atom is 0.387 e. The Bertz CT molecular complexity index is 752. The van der Waals surface area contributed by atoms with Crippen molar-refractivity contribution in [2.24, 2.45) is 11.7 Å². The van der Waals surface area contributed by atoms with Crippen LogP contribution < -0.4 is 20.5 Å². The second kappa shape index (κ2) is 8.56. The van der Waals surface area contributed by atoms with E-state index in [0.29, 0.717) is 5.56 Å². The van der Waals surface area contributed by atoms with Gasteiger partial charge in [0.05, 0.1) is 19.7 Å². The molecule has 2 rings (SSSR count). The number of methoxy groups -OCH3 is 1. The summed E-state index contributed by atoms with van der Waals surface area (Å²) in [5, 5.41) is 6.41. The molecule has 0 aliphatic rings. The lowest BCUT2D eigenvalue weighted by molar-refractivity contribution is -0.123. The standard InChI is InChI=1S/C16H20F2N4O4/c1-8(2)13(19)15(23)20-7-12-21-14(22-26-12)9-4-5-10(25-16(17)18)11(6-9)24-3/h4-6,8,13,16H,7,19H2,1-3H3,(H,20,23)/t13-/m0/s1. The number of alkyl halides is 2. The van der Waals surface area contributed by atoms with Crippen molar-refractivity contribution in [3.63, 3.8) is 0 Å². The van der Waals surface area contributed by atoms with Crippen LogP contribution in [0.3, 0.4) is 0 Å². The molecule has 10 heteroatoms. The number of rotatable bonds is 8. The minimum atomic E-state index is -2.97. The van der Waals surface area contributed by atoms with Crippen molar-refractivity contribution >= 4 is 5.91 Å². The molecule has 1 aromatic heterocycles. The summed E-state index contributed by atoms with van der Waals surface area (Å²) >= 11 is 0. The minimum absolute atomic E-state index is 0.00492. The first-order valence-corrected chi connectivity index (χ1v) is 7.81. The van der Waals surface area contributed by atoms with E-state index in [2.05, 4.69) is 20.2 Å². The quantitative estimate of drug-likeness (QED) is 0.730. The number of halogens is 2. The van der Waals surface area contributed by atoms with Gasteiger partial charge in [0.15, 0.2) is 11.5 Å². The molecule has 8 nitrogen and oxygen atoms in total. The van der Waals surface area contributed by atoms with Gasteiger partial charge in [0, 0.05) is 5.56 Å². The van der Waals surface area contributed by atoms with Crippen molar-refractivity contribution in [1.82, 2.24) is 15.5 Å². The Balaban J connectivity index is 2.08. The molecule has 0 radical (unpaired) electrons. The van der Waals surface area contributed by atoms with Crippen molar-refractivity contribution < 1.29 is 27.6 Å². The molecule has 0 aliphatic heterocycles. The predicted octanol–water partition coefficient (Wildman–Crippen LogP) is 1.95. The summed E-state index contributed by atoms with van der Waals surface area (Å²) < 4.78 is 39.2. The Morgan fingerprint density at radius 2 is 2.08 bits per heavy atom. The topological polar surface area (TPSA) is 113 Å². The van der Waals surface area contributed by atoms with Crippen LogP contribution >= 0.6 is 0 Å². The fourth-order valence-electron chi connectivity index (χ4n) is 2.03. The number of hydrogen-bond acceptors (Lipinski definition) is 7. The van der Waals surface area contributed by atoms with Gasteiger partial charge in [-0.2, -0.15) is 13.8 Å². The van der Waals surface area contributed by atoms with Crippen molar-refractivity contribution in [2.75, 3.05) is 7.11 Å². The highest BCUT2D eigenvalue weighted by Gasteiger charge is 2.18. The molecule has 1 atom stereocenters. The summed E-state index contributed by atoms with van der Waals surface area (Å²) in [7, 11) is 1.33. The fraction of sp³-hybridized carbons (Fsp3) is 0.438. The molecule has 2 aromatic rings. The van der Waals surface area contributed by atoms with Crippen LogP contribution in [0.15, 0.2) is 22.7 Å². The van der Waals surface area contributed by atoms with E-state index >= 15 is 0 Å². The van der Waals surface area contributed by atoms with Gasteiger partial charge in [0.1, 0.15) is 0 Å². The number of carbonyl (C=O) groups is 1. The Morgan fingerprint density at radius 3 is 2.69 bits per heavy atom. The third kappa shape index (κ3) is 4.88. The summed E-state index contributed by atoms with van der Waals surface area (Å²) in [5.74, 6) is 0.0559. The van der Waals surface area contributed by atoms with Gasteiger partial charge < -0.3 is 25.0 Å². The number of aromatic nitrogens is 2. The molecular formula is C16H20F2N4O4. The summed E-state index contributed by atoms with van der Waals surface area (Å²) in [6.45, 7) is 0.733. The lowest BCUT2D eigenvalue weighted by Gasteiger charge is -2.14. The Hall–Kier alpha value is -2.75. The van der Waals surface area contributed by atoms with E-state index in [1.807, 2.05) is 13.8 Å². The third-order valence-electron chi connectivity index (χ3n) is 3.54. The summed E-state index contributed by atoms with van der Waals surface area (Å²) in [4.78, 5) is 16.0. The molecule has 0 saturated heterocycles. The SMILES string of the molecule is COc1cc(-c2noc(CNC(=O)[C@@H](N)C(C)C)n2)ccc1OC(F)F. The van der Waals surface area contributed by atoms with E-state index in [1.54, 1.807) is 0 Å². The van der Waals surface area contributed by atoms with Crippen molar-refractivity contribution in [3.8, 4) is 22.9 Å². The van der Waals surface area contributed by atoms with Crippen LogP contribution in [0, 0.1) is 5.92 Å². The van der Waals surface area contributed by atoms with Gasteiger partial charge in [0.25, 0.3) is 0 Å². The van der Waals surface area contributed by atoms with E-state index in [0.717, 1.165) is 0 Å². The normalized spacial score (nSPS) is 12.3. The molecule has 0 unspecified atom stereocenters. The Labute approximate surface area is 148 Å². The van der Waals surface area contributed by atoms with Gasteiger partial charge in [-0.25, -0.2) is 0 Å². The number of ether oxygens (including phenoxy) is 2. The molecule has 0 bridgehead atoms. The molecule has 1 aromatic carbocycles. The van der Waals surface area contributed by atoms with Crippen LogP contribution in [0.2, 0.25) is 0 Å². The smallest absolute Gasteiger partial charge is 0.387 e. The Kier molecular flexibility index (Phi) is 6.45. The zero-order chi connectivity index (χ0) is 19.3. The highest BCUT2D eigenvalue weighted by molar-refractivity contribution is 5.81. The van der Waals surface area contributed by atoms with Crippen molar-refractivity contribution in [1.29, 1.82) is 0 Å². The third-order valence-corrected chi connectivity index (χ3v) is 3.54. The predicted molar refractivity (Wildman–Crippen MR) is 87.6 cm³/mol. The molecule has 0 aliphatic carbocycles. The lowest BCUT2D eigenvalue weighted by Crippen LogP contribution is -2.43. The number of benzene rings is 1. The maximum atomic E-state index is 12.4. The fourth-order valence-corrected chi connectivity index (χ4v) is 2.03. The molecule has 0 spiro atoms. The van der Waals surface area contributed by atoms with Gasteiger partial charge in [0.2, 0.25) is 17.6 Å². The van der Waals surface area contributed by atoms with E-state index in [4.69, 9.17) is 15.0 Å². The van der Waals surface area contributed by atoms with Crippen molar-refractivity contribution in [3.05, 3.63) is 24.1 Å². The van der Waals surface area contributed by atoms with Crippen LogP contribution in [0.5, 0.6) is 11.5 Å². The molecule has 0 fully saturated rings. The van der Waals surface area contributed by atoms with E-state index < -0.39 is 12.7 Å². The number of nitrogens with zero attached hydrogens (tertiary/aromatic N) is 2. The molecule has 3 N–H and O–H groups in total. The largest absolute Gasteiger partial charge is 0.493 e. The second-order valence-corrected chi connectivity index (χ2v) is 5.74. The monoisotopic (exact) mass is 370 g/mol. The highest BCUT2D eigenvalue weighted by atomic mass is 19.3. The highest BCUT2D eigenvalue weighted by Crippen LogP contribution is 2.32. The van der Waals surface area contributed by atoms with Gasteiger partial charge >= 0.3 is 6.61 Å². The van der Waals surface area contributed by atoms with Crippen LogP contribution in [-0.2, 0) is 11.3 Å². The van der Waals surface area contributed by atoms with E-state index in [9.17, 15) is 13.6 Å². The second-order valence-electron chi connectivity index (χ2n) is 5.74. The number of nitrogens with one attached hydrogen (secondary N) is 1. The van der Waals surface area contributed by atoms with Gasteiger partial charge in [-0.15, -0.1) is 0 Å². The van der Waals surface area contributed by atoms with E-state index in [-0.39, 0.29) is 41.6 Å². The number of nitrogens with two attached hydrogens (primary N) is 1. The van der Waals surface area contributed by atoms with Crippen LogP contribution in [0.1, 0.15) is 19.7 Å². The number of carbonyl (C=O) groups excluding carboxylic acids is 1. The van der Waals surface area contributed by atoms with Crippen LogP contribution in [0.4, 0.5) is 8.78 Å². The van der Waals surface area contributed by atoms with Gasteiger partial charge in [-0.3, -0.25) is 4.79 Å². The van der Waals surface area contributed by atoms with Crippen molar-refractivity contribution in [2.45, 2.75) is 33.0 Å². The number of hydrogen-bond donors (Lipinski definition) is 2. The zero-order valence-electron chi connectivity index (χ0n) is 14.5. The summed E-state index contributed by atoms with van der Waals surface area (Å²) in [5.41, 5.74) is 6.22. The first-order chi connectivity index (χ1) is 12.3. The summed E-state index contributed by atoms with van der Waals surface area (Å²) in [6, 6.07) is 3.62. The first-order valence-electron chi connectivity index (χ1n) is 7.81. The van der Waals surface area contributed by atoms with Crippen LogP contribution in [-0.4, -0.2) is 35.8 Å². The average molecular weight is 370 g/mol. The van der Waals surface area contributed by atoms with E-state index in [1.165, 1.54) is 25.3 Å². The Morgan fingerprint density at radius 1 is 1.35 bits per heavy atom. The number of amides is 1. The minimum Gasteiger partial charge on any atom is -0.493 e. The van der Waals surface area contributed by atoms with Gasteiger partial charge in [-0.1, -0.05) is 19.0 Å². The molecule has 26 heavy (non-hydrogen) atoms. The lowest BCUT2D eigenvalue weighted by atomic mass is 10.1. The molecule has 1 amide bonds. The zero-order valence-corrected chi connectivity index (χ0v) is 14.5. The first kappa shape index (κ1) is 19.6. The average Bonchev–Trinajstić information content (AvgIpc) is 3.07. The maximum absolute atomic E-state index is 12.4. The molecule has 142 valence electrons. The molecule has 0 saturated carbocycles. The molecule has 1 heterocycles. The van der Waals surface area contributed by atoms with Gasteiger partial charge in [-0.05, 0) is 24.1 Å². The summed E-state index contributed by atoms with van der Waals surface area (Å²) in [6.07, 6.45) is 0. The molecular weight excluding hydrogens is 350 g/mol. The van der Waals surface area contributed by atoms with Crippen LogP contribution in [0.25, 0.3) is 11.4 Å².